The van der Waals surface area contributed by atoms with Crippen molar-refractivity contribution in [2.75, 3.05) is 20.3 Å². The van der Waals surface area contributed by atoms with Gasteiger partial charge >= 0.3 is 5.69 Å². The van der Waals surface area contributed by atoms with Gasteiger partial charge in [0.15, 0.2) is 0 Å². The lowest BCUT2D eigenvalue weighted by molar-refractivity contribution is -0.122. The Bertz CT molecular complexity index is 504. The molecule has 1 aromatic heterocycles. The Kier molecular flexibility index (Phi) is 4.46. The van der Waals surface area contributed by atoms with Gasteiger partial charge in [0.2, 0.25) is 11.8 Å². The minimum absolute atomic E-state index is 0.300. The van der Waals surface area contributed by atoms with Crippen LogP contribution < -0.4 is 16.6 Å². The molecular weight excluding hydrogens is 230 g/mol. The van der Waals surface area contributed by atoms with Gasteiger partial charge in [-0.05, 0) is 0 Å². The number of aromatic amines is 1. The summed E-state index contributed by atoms with van der Waals surface area (Å²) >= 11 is 0. The van der Waals surface area contributed by atoms with Gasteiger partial charge in [-0.2, -0.15) is 0 Å². The average molecular weight is 243 g/mol. The fourth-order valence-corrected chi connectivity index (χ4v) is 1.15. The number of rotatable bonds is 5. The standard InChI is InChI=1S/C9H13N3O5/c1-17-3-2-10-7(14)5-12-8(15)4-6(13)11-9(12)16/h4,15H,2-3,5H2,1H3,(H,10,14)(H,11,13,16). The minimum atomic E-state index is -0.836. The van der Waals surface area contributed by atoms with Crippen molar-refractivity contribution < 1.29 is 14.6 Å². The van der Waals surface area contributed by atoms with Crippen LogP contribution in [0.1, 0.15) is 0 Å². The number of aromatic hydroxyl groups is 1. The molecule has 0 radical (unpaired) electrons. The summed E-state index contributed by atoms with van der Waals surface area (Å²) in [4.78, 5) is 35.4. The van der Waals surface area contributed by atoms with E-state index in [0.29, 0.717) is 13.2 Å². The zero-order valence-electron chi connectivity index (χ0n) is 9.23. The van der Waals surface area contributed by atoms with Crippen LogP contribution >= 0.6 is 0 Å². The fourth-order valence-electron chi connectivity index (χ4n) is 1.15. The van der Waals surface area contributed by atoms with Gasteiger partial charge in [-0.3, -0.25) is 19.1 Å². The Morgan fingerprint density at radius 2 is 2.29 bits per heavy atom. The third-order valence-corrected chi connectivity index (χ3v) is 1.94. The highest BCUT2D eigenvalue weighted by Gasteiger charge is 2.08. The zero-order chi connectivity index (χ0) is 12.8. The van der Waals surface area contributed by atoms with E-state index in [9.17, 15) is 19.5 Å². The van der Waals surface area contributed by atoms with Gasteiger partial charge in [0, 0.05) is 13.7 Å². The number of amides is 1. The monoisotopic (exact) mass is 243 g/mol. The number of hydrogen-bond donors (Lipinski definition) is 3. The maximum absolute atomic E-state index is 11.3. The number of nitrogens with one attached hydrogen (secondary N) is 2. The number of ether oxygens (including phenoxy) is 1. The highest BCUT2D eigenvalue weighted by Crippen LogP contribution is 1.98. The molecule has 0 aliphatic carbocycles. The van der Waals surface area contributed by atoms with Gasteiger partial charge in [-0.15, -0.1) is 0 Å². The predicted molar refractivity (Wildman–Crippen MR) is 57.9 cm³/mol. The smallest absolute Gasteiger partial charge is 0.331 e. The van der Waals surface area contributed by atoms with E-state index in [-0.39, 0.29) is 6.54 Å². The van der Waals surface area contributed by atoms with Gasteiger partial charge in [0.05, 0.1) is 12.7 Å². The van der Waals surface area contributed by atoms with Crippen LogP contribution in [0.3, 0.4) is 0 Å². The molecule has 8 nitrogen and oxygen atoms in total. The van der Waals surface area contributed by atoms with Crippen molar-refractivity contribution in [3.8, 4) is 5.88 Å². The van der Waals surface area contributed by atoms with Crippen molar-refractivity contribution in [1.29, 1.82) is 0 Å². The summed E-state index contributed by atoms with van der Waals surface area (Å²) in [6, 6.07) is 0.823. The van der Waals surface area contributed by atoms with Crippen molar-refractivity contribution >= 4 is 5.91 Å². The first-order valence-corrected chi connectivity index (χ1v) is 4.83. The van der Waals surface area contributed by atoms with Crippen molar-refractivity contribution in [2.24, 2.45) is 0 Å². The van der Waals surface area contributed by atoms with Gasteiger partial charge in [0.1, 0.15) is 6.54 Å². The minimum Gasteiger partial charge on any atom is -0.494 e. The highest BCUT2D eigenvalue weighted by atomic mass is 16.5. The van der Waals surface area contributed by atoms with Crippen LogP contribution in [0.5, 0.6) is 5.88 Å². The summed E-state index contributed by atoms with van der Waals surface area (Å²) in [7, 11) is 1.49. The van der Waals surface area contributed by atoms with Crippen LogP contribution in [0.4, 0.5) is 0 Å². The van der Waals surface area contributed by atoms with Crippen LogP contribution in [-0.2, 0) is 16.1 Å². The fraction of sp³-hybridized carbons (Fsp3) is 0.444. The molecule has 1 amide bonds. The molecule has 0 spiro atoms. The molecule has 0 saturated heterocycles. The first-order valence-electron chi connectivity index (χ1n) is 4.83. The van der Waals surface area contributed by atoms with E-state index in [4.69, 9.17) is 4.74 Å². The number of carbonyl (C=O) groups is 1. The Morgan fingerprint density at radius 1 is 1.59 bits per heavy atom. The summed E-state index contributed by atoms with van der Waals surface area (Å²) in [6.45, 7) is 0.275. The van der Waals surface area contributed by atoms with Gasteiger partial charge in [0.25, 0.3) is 5.56 Å². The first kappa shape index (κ1) is 13.0. The lowest BCUT2D eigenvalue weighted by Crippen LogP contribution is -2.36. The van der Waals surface area contributed by atoms with Gasteiger partial charge in [-0.25, -0.2) is 4.79 Å². The molecule has 1 rings (SSSR count). The van der Waals surface area contributed by atoms with E-state index in [1.807, 2.05) is 4.98 Å². The quantitative estimate of drug-likeness (QED) is 0.518. The van der Waals surface area contributed by atoms with Crippen molar-refractivity contribution in [3.05, 3.63) is 26.9 Å². The molecule has 0 atom stereocenters. The third-order valence-electron chi connectivity index (χ3n) is 1.94. The topological polar surface area (TPSA) is 113 Å². The Balaban J connectivity index is 2.72. The van der Waals surface area contributed by atoms with E-state index in [1.165, 1.54) is 7.11 Å². The number of H-pyrrole nitrogens is 1. The van der Waals surface area contributed by atoms with Crippen LogP contribution in [0.15, 0.2) is 15.7 Å². The van der Waals surface area contributed by atoms with E-state index in [1.54, 1.807) is 0 Å². The van der Waals surface area contributed by atoms with Crippen LogP contribution in [0.2, 0.25) is 0 Å². The molecule has 0 unspecified atom stereocenters. The normalized spacial score (nSPS) is 10.2. The molecule has 0 fully saturated rings. The number of nitrogens with zero attached hydrogens (tertiary/aromatic N) is 1. The second-order valence-corrected chi connectivity index (χ2v) is 3.23. The molecule has 17 heavy (non-hydrogen) atoms. The van der Waals surface area contributed by atoms with Crippen LogP contribution in [-0.4, -0.2) is 40.8 Å². The van der Waals surface area contributed by atoms with Gasteiger partial charge in [-0.1, -0.05) is 0 Å². The average Bonchev–Trinajstić information content (AvgIpc) is 2.24. The molecule has 0 aliphatic heterocycles. The highest BCUT2D eigenvalue weighted by molar-refractivity contribution is 5.75. The van der Waals surface area contributed by atoms with E-state index in [0.717, 1.165) is 10.6 Å². The molecule has 94 valence electrons. The Hall–Kier alpha value is -2.09. The second-order valence-electron chi connectivity index (χ2n) is 3.23. The van der Waals surface area contributed by atoms with E-state index < -0.39 is 23.0 Å². The maximum atomic E-state index is 11.3. The molecule has 1 heterocycles. The lowest BCUT2D eigenvalue weighted by Gasteiger charge is -2.07. The maximum Gasteiger partial charge on any atom is 0.331 e. The number of aromatic nitrogens is 2. The molecular formula is C9H13N3O5. The zero-order valence-corrected chi connectivity index (χ0v) is 9.23. The lowest BCUT2D eigenvalue weighted by atomic mass is 10.5. The third kappa shape index (κ3) is 3.76. The molecule has 8 heteroatoms. The molecule has 1 aromatic rings. The predicted octanol–water partition coefficient (Wildman–Crippen LogP) is -2.00. The Morgan fingerprint density at radius 3 is 2.88 bits per heavy atom. The Labute approximate surface area is 95.8 Å². The summed E-state index contributed by atoms with van der Waals surface area (Å²) in [6.07, 6.45) is 0. The van der Waals surface area contributed by atoms with Crippen molar-refractivity contribution in [3.63, 3.8) is 0 Å². The number of carbonyl (C=O) groups excluding carboxylic acids is 1. The summed E-state index contributed by atoms with van der Waals surface area (Å²) in [5.74, 6) is -1.02. The van der Waals surface area contributed by atoms with Gasteiger partial charge < -0.3 is 15.2 Å². The number of methoxy groups -OCH3 is 1. The largest absolute Gasteiger partial charge is 0.494 e. The SMILES string of the molecule is COCCNC(=O)Cn1c(O)cc(=O)[nH]c1=O. The summed E-state index contributed by atoms with van der Waals surface area (Å²) in [5, 5.41) is 11.8. The molecule has 0 saturated carbocycles. The summed E-state index contributed by atoms with van der Waals surface area (Å²) in [5.41, 5.74) is -1.56. The number of hydrogen-bond acceptors (Lipinski definition) is 5. The van der Waals surface area contributed by atoms with Crippen molar-refractivity contribution in [2.45, 2.75) is 6.54 Å². The second kappa shape index (κ2) is 5.85. The molecule has 0 aliphatic rings. The van der Waals surface area contributed by atoms with E-state index >= 15 is 0 Å². The molecule has 0 bridgehead atoms. The van der Waals surface area contributed by atoms with Crippen LogP contribution in [0, 0.1) is 0 Å². The summed E-state index contributed by atoms with van der Waals surface area (Å²) < 4.78 is 5.48. The molecule has 0 aromatic carbocycles. The van der Waals surface area contributed by atoms with Crippen LogP contribution in [0.25, 0.3) is 0 Å². The molecule has 3 N–H and O–H groups in total. The van der Waals surface area contributed by atoms with Crippen molar-refractivity contribution in [1.82, 2.24) is 14.9 Å². The van der Waals surface area contributed by atoms with E-state index in [2.05, 4.69) is 5.32 Å². The first-order chi connectivity index (χ1) is 8.04.